The summed E-state index contributed by atoms with van der Waals surface area (Å²) in [4.78, 5) is 2.50. The molecule has 0 aliphatic heterocycles. The first-order valence-corrected chi connectivity index (χ1v) is 24.9. The molecule has 3 aliphatic rings. The molecule has 11 aromatic carbocycles. The van der Waals surface area contributed by atoms with Gasteiger partial charge < -0.3 is 4.90 Å². The van der Waals surface area contributed by atoms with Crippen molar-refractivity contribution < 1.29 is 0 Å². The van der Waals surface area contributed by atoms with Gasteiger partial charge in [0.2, 0.25) is 0 Å². The molecule has 0 saturated heterocycles. The molecular weight excluding hydrogens is 855 g/mol. The Morgan fingerprint density at radius 2 is 0.634 bits per heavy atom. The number of hydrogen-bond acceptors (Lipinski definition) is 1. The molecule has 0 atom stereocenters. The Bertz CT molecular complexity index is 3830. The molecule has 0 heterocycles. The monoisotopic (exact) mass is 903 g/mol. The standard InChI is InChI=1S/C70H49N/c1-69(2)62-29-15-11-27-57(62)59-41-39-52(45-66(59)69)71(51-37-33-48(34-38-51)46-19-5-3-6-20-46)68-42-36-49(47-21-7-4-8-22-47)43-61(68)50-35-40-60-58-28-14-18-32-65(58)70(67(60)44-50)63-30-16-12-25-55(63)53-23-9-10-24-54(53)56-26-13-17-31-64(56)70/h3-45H,1-2H3. The molecular formula is C70H49N. The van der Waals surface area contributed by atoms with E-state index in [0.29, 0.717) is 0 Å². The molecule has 1 spiro atoms. The van der Waals surface area contributed by atoms with Gasteiger partial charge >= 0.3 is 0 Å². The van der Waals surface area contributed by atoms with Crippen molar-refractivity contribution >= 4 is 17.1 Å². The van der Waals surface area contributed by atoms with Crippen LogP contribution in [-0.2, 0) is 10.8 Å². The van der Waals surface area contributed by atoms with E-state index >= 15 is 0 Å². The van der Waals surface area contributed by atoms with Crippen LogP contribution in [-0.4, -0.2) is 0 Å². The molecule has 1 nitrogen and oxygen atoms in total. The fraction of sp³-hybridized carbons (Fsp3) is 0.0571. The second-order valence-corrected chi connectivity index (χ2v) is 19.9. The van der Waals surface area contributed by atoms with Crippen molar-refractivity contribution in [1.82, 2.24) is 0 Å². The van der Waals surface area contributed by atoms with E-state index in [9.17, 15) is 0 Å². The van der Waals surface area contributed by atoms with Crippen LogP contribution in [0.3, 0.4) is 0 Å². The highest BCUT2D eigenvalue weighted by Crippen LogP contribution is 2.62. The minimum atomic E-state index is -0.598. The fourth-order valence-electron chi connectivity index (χ4n) is 12.7. The summed E-state index contributed by atoms with van der Waals surface area (Å²) in [5.74, 6) is 0. The maximum Gasteiger partial charge on any atom is 0.0725 e. The molecule has 0 amide bonds. The predicted octanol–water partition coefficient (Wildman–Crippen LogP) is 18.5. The summed E-state index contributed by atoms with van der Waals surface area (Å²) >= 11 is 0. The van der Waals surface area contributed by atoms with E-state index in [4.69, 9.17) is 0 Å². The predicted molar refractivity (Wildman–Crippen MR) is 297 cm³/mol. The number of rotatable bonds is 6. The molecule has 1 heteroatoms. The van der Waals surface area contributed by atoms with Crippen molar-refractivity contribution in [3.63, 3.8) is 0 Å². The van der Waals surface area contributed by atoms with Crippen LogP contribution < -0.4 is 4.90 Å². The summed E-state index contributed by atoms with van der Waals surface area (Å²) in [5.41, 5.74) is 27.9. The van der Waals surface area contributed by atoms with E-state index in [0.717, 1.165) is 22.6 Å². The normalized spacial score (nSPS) is 13.7. The molecule has 0 radical (unpaired) electrons. The molecule has 11 aromatic rings. The summed E-state index contributed by atoms with van der Waals surface area (Å²) in [6.45, 7) is 4.75. The van der Waals surface area contributed by atoms with Gasteiger partial charge in [0.15, 0.2) is 0 Å². The van der Waals surface area contributed by atoms with E-state index in [1.54, 1.807) is 0 Å². The molecule has 0 fully saturated rings. The lowest BCUT2D eigenvalue weighted by Crippen LogP contribution is -2.29. The van der Waals surface area contributed by atoms with Gasteiger partial charge in [-0.3, -0.25) is 0 Å². The van der Waals surface area contributed by atoms with Crippen molar-refractivity contribution in [2.45, 2.75) is 24.7 Å². The van der Waals surface area contributed by atoms with Crippen molar-refractivity contribution in [3.05, 3.63) is 294 Å². The summed E-state index contributed by atoms with van der Waals surface area (Å²) in [6, 6.07) is 97.7. The Balaban J connectivity index is 1.04. The van der Waals surface area contributed by atoms with Gasteiger partial charge in [0, 0.05) is 22.4 Å². The average Bonchev–Trinajstić information content (AvgIpc) is 3.82. The molecule has 71 heavy (non-hydrogen) atoms. The molecule has 0 saturated carbocycles. The maximum absolute atomic E-state index is 2.55. The lowest BCUT2D eigenvalue weighted by Gasteiger charge is -2.35. The van der Waals surface area contributed by atoms with Crippen molar-refractivity contribution in [2.75, 3.05) is 4.90 Å². The Morgan fingerprint density at radius 3 is 1.23 bits per heavy atom. The van der Waals surface area contributed by atoms with Crippen molar-refractivity contribution in [3.8, 4) is 77.9 Å². The summed E-state index contributed by atoms with van der Waals surface area (Å²) in [6.07, 6.45) is 0. The third-order valence-electron chi connectivity index (χ3n) is 15.9. The molecule has 3 aliphatic carbocycles. The van der Waals surface area contributed by atoms with Crippen molar-refractivity contribution in [1.29, 1.82) is 0 Å². The van der Waals surface area contributed by atoms with Crippen LogP contribution in [0.2, 0.25) is 0 Å². The topological polar surface area (TPSA) is 3.24 Å². The highest BCUT2D eigenvalue weighted by Gasteiger charge is 2.50. The zero-order valence-electron chi connectivity index (χ0n) is 39.8. The van der Waals surface area contributed by atoms with Crippen molar-refractivity contribution in [2.24, 2.45) is 0 Å². The van der Waals surface area contributed by atoms with Crippen LogP contribution in [0.25, 0.3) is 77.9 Å². The van der Waals surface area contributed by atoms with Gasteiger partial charge in [-0.05, 0) is 148 Å². The fourth-order valence-corrected chi connectivity index (χ4v) is 12.7. The highest BCUT2D eigenvalue weighted by molar-refractivity contribution is 5.99. The summed E-state index contributed by atoms with van der Waals surface area (Å²) < 4.78 is 0. The van der Waals surface area contributed by atoms with Crippen LogP contribution in [0.4, 0.5) is 17.1 Å². The SMILES string of the molecule is CC1(C)c2ccccc2-c2ccc(N(c3ccc(-c4ccccc4)cc3)c3ccc(-c4ccccc4)cc3-c3ccc4c(c3)C3(c5ccccc5-c5ccccc5-c5ccccc53)c3ccccc3-4)cc21. The zero-order valence-corrected chi connectivity index (χ0v) is 39.8. The quantitative estimate of drug-likeness (QED) is 0.161. The van der Waals surface area contributed by atoms with E-state index in [1.807, 2.05) is 0 Å². The first-order valence-electron chi connectivity index (χ1n) is 24.9. The first kappa shape index (κ1) is 41.2. The Labute approximate surface area is 416 Å². The number of anilines is 3. The van der Waals surface area contributed by atoms with E-state index in [-0.39, 0.29) is 5.41 Å². The highest BCUT2D eigenvalue weighted by atomic mass is 15.1. The average molecular weight is 904 g/mol. The zero-order chi connectivity index (χ0) is 47.3. The molecule has 334 valence electrons. The minimum Gasteiger partial charge on any atom is -0.310 e. The molecule has 0 unspecified atom stereocenters. The third kappa shape index (κ3) is 6.13. The third-order valence-corrected chi connectivity index (χ3v) is 15.9. The molecule has 0 bridgehead atoms. The van der Waals surface area contributed by atoms with Crippen LogP contribution in [0, 0.1) is 0 Å². The maximum atomic E-state index is 2.55. The van der Waals surface area contributed by atoms with Crippen LogP contribution in [0.15, 0.2) is 261 Å². The largest absolute Gasteiger partial charge is 0.310 e. The van der Waals surface area contributed by atoms with E-state index in [1.165, 1.54) is 106 Å². The second kappa shape index (κ2) is 15.9. The summed E-state index contributed by atoms with van der Waals surface area (Å²) in [5, 5.41) is 0. The molecule has 0 aromatic heterocycles. The number of hydrogen-bond donors (Lipinski definition) is 0. The number of nitrogens with zero attached hydrogens (tertiary/aromatic N) is 1. The van der Waals surface area contributed by atoms with Gasteiger partial charge in [0.1, 0.15) is 0 Å². The number of benzene rings is 11. The van der Waals surface area contributed by atoms with Crippen LogP contribution >= 0.6 is 0 Å². The van der Waals surface area contributed by atoms with E-state index in [2.05, 4.69) is 280 Å². The Kier molecular flexibility index (Phi) is 9.22. The van der Waals surface area contributed by atoms with Crippen LogP contribution in [0.1, 0.15) is 47.2 Å². The minimum absolute atomic E-state index is 0.168. The Morgan fingerprint density at radius 1 is 0.239 bits per heavy atom. The molecule has 14 rings (SSSR count). The van der Waals surface area contributed by atoms with Gasteiger partial charge in [-0.2, -0.15) is 0 Å². The van der Waals surface area contributed by atoms with Gasteiger partial charge in [0.05, 0.1) is 11.1 Å². The van der Waals surface area contributed by atoms with E-state index < -0.39 is 5.41 Å². The van der Waals surface area contributed by atoms with Gasteiger partial charge in [0.25, 0.3) is 0 Å². The lowest BCUT2D eigenvalue weighted by molar-refractivity contribution is 0.660. The van der Waals surface area contributed by atoms with Gasteiger partial charge in [-0.25, -0.2) is 0 Å². The Hall–Kier alpha value is -8.78. The summed E-state index contributed by atoms with van der Waals surface area (Å²) in [7, 11) is 0. The second-order valence-electron chi connectivity index (χ2n) is 19.9. The lowest BCUT2D eigenvalue weighted by atomic mass is 9.65. The first-order chi connectivity index (χ1) is 35.0. The molecule has 0 N–H and O–H groups in total. The van der Waals surface area contributed by atoms with Gasteiger partial charge in [-0.1, -0.05) is 232 Å². The van der Waals surface area contributed by atoms with Gasteiger partial charge in [-0.15, -0.1) is 0 Å². The number of fused-ring (bicyclic) bond motifs is 15. The van der Waals surface area contributed by atoms with Crippen LogP contribution in [0.5, 0.6) is 0 Å². The smallest absolute Gasteiger partial charge is 0.0725 e.